The third-order valence-electron chi connectivity index (χ3n) is 5.52. The van der Waals surface area contributed by atoms with E-state index in [1.807, 2.05) is 43.0 Å². The summed E-state index contributed by atoms with van der Waals surface area (Å²) in [7, 11) is 0. The van der Waals surface area contributed by atoms with Gasteiger partial charge in [-0.25, -0.2) is 0 Å². The van der Waals surface area contributed by atoms with Gasteiger partial charge in [0.2, 0.25) is 5.91 Å². The number of aryl methyl sites for hydroxylation is 1. The molecule has 0 spiro atoms. The van der Waals surface area contributed by atoms with Crippen LogP contribution in [0.15, 0.2) is 24.3 Å². The molecular weight excluding hydrogens is 388 g/mol. The standard InChI is InChI=1S/C22H26N2O4S/c1-3-24(4-2)22(26)20-12-15-11-14(5-8-19(15)29-20)21(25)23-16-6-7-17-18(13-16)28-10-9-27-17/h6-7,12-14H,3-5,8-11H2,1-2H3,(H,23,25)/t14-/m1/s1. The summed E-state index contributed by atoms with van der Waals surface area (Å²) in [6.45, 7) is 6.46. The lowest BCUT2D eigenvalue weighted by Crippen LogP contribution is -2.29. The summed E-state index contributed by atoms with van der Waals surface area (Å²) in [5.41, 5.74) is 1.85. The molecule has 0 saturated heterocycles. The second-order valence-corrected chi connectivity index (χ2v) is 8.46. The second-order valence-electron chi connectivity index (χ2n) is 7.32. The van der Waals surface area contributed by atoms with Crippen LogP contribution >= 0.6 is 11.3 Å². The molecule has 1 aliphatic carbocycles. The average molecular weight is 415 g/mol. The lowest BCUT2D eigenvalue weighted by molar-refractivity contribution is -0.120. The zero-order valence-electron chi connectivity index (χ0n) is 16.8. The van der Waals surface area contributed by atoms with Crippen LogP contribution in [0.3, 0.4) is 0 Å². The van der Waals surface area contributed by atoms with Crippen LogP contribution in [-0.2, 0) is 17.6 Å². The third-order valence-corrected chi connectivity index (χ3v) is 6.75. The molecule has 2 aromatic rings. The maximum atomic E-state index is 12.8. The summed E-state index contributed by atoms with van der Waals surface area (Å²) in [5.74, 6) is 1.38. The summed E-state index contributed by atoms with van der Waals surface area (Å²) in [5, 5.41) is 3.01. The molecule has 0 saturated carbocycles. The molecule has 0 bridgehead atoms. The van der Waals surface area contributed by atoms with E-state index in [9.17, 15) is 9.59 Å². The monoisotopic (exact) mass is 414 g/mol. The van der Waals surface area contributed by atoms with E-state index < -0.39 is 0 Å². The van der Waals surface area contributed by atoms with E-state index in [1.165, 1.54) is 4.88 Å². The number of thiophene rings is 1. The maximum absolute atomic E-state index is 12.8. The Morgan fingerprint density at radius 1 is 1.14 bits per heavy atom. The van der Waals surface area contributed by atoms with Crippen LogP contribution in [0.5, 0.6) is 11.5 Å². The van der Waals surface area contributed by atoms with Gasteiger partial charge < -0.3 is 19.7 Å². The molecule has 1 aromatic heterocycles. The van der Waals surface area contributed by atoms with Crippen LogP contribution in [0, 0.1) is 5.92 Å². The fourth-order valence-electron chi connectivity index (χ4n) is 3.88. The Hall–Kier alpha value is -2.54. The number of hydrogen-bond donors (Lipinski definition) is 1. The number of carbonyl (C=O) groups is 2. The first-order valence-corrected chi connectivity index (χ1v) is 11.0. The van der Waals surface area contributed by atoms with Crippen LogP contribution in [0.2, 0.25) is 0 Å². The van der Waals surface area contributed by atoms with E-state index in [4.69, 9.17) is 9.47 Å². The topological polar surface area (TPSA) is 67.9 Å². The van der Waals surface area contributed by atoms with Crippen molar-refractivity contribution in [1.29, 1.82) is 0 Å². The molecule has 29 heavy (non-hydrogen) atoms. The molecule has 1 N–H and O–H groups in total. The SMILES string of the molecule is CCN(CC)C(=O)c1cc2c(s1)CC[C@@H](C(=O)Nc1ccc3c(c1)OCCO3)C2. The smallest absolute Gasteiger partial charge is 0.263 e. The molecule has 2 aliphatic rings. The highest BCUT2D eigenvalue weighted by Crippen LogP contribution is 2.35. The Morgan fingerprint density at radius 3 is 2.66 bits per heavy atom. The Balaban J connectivity index is 1.43. The molecule has 154 valence electrons. The van der Waals surface area contributed by atoms with Crippen molar-refractivity contribution in [3.05, 3.63) is 39.6 Å². The molecule has 0 radical (unpaired) electrons. The van der Waals surface area contributed by atoms with Crippen molar-refractivity contribution in [1.82, 2.24) is 4.90 Å². The number of anilines is 1. The van der Waals surface area contributed by atoms with Gasteiger partial charge in [-0.3, -0.25) is 9.59 Å². The number of ether oxygens (including phenoxy) is 2. The minimum atomic E-state index is -0.0956. The van der Waals surface area contributed by atoms with Crippen LogP contribution in [-0.4, -0.2) is 43.0 Å². The normalized spacial score (nSPS) is 17.4. The predicted octanol–water partition coefficient (Wildman–Crippen LogP) is 3.74. The maximum Gasteiger partial charge on any atom is 0.263 e. The van der Waals surface area contributed by atoms with Crippen molar-refractivity contribution in [3.8, 4) is 11.5 Å². The second kappa shape index (κ2) is 8.45. The summed E-state index contributed by atoms with van der Waals surface area (Å²) in [6.07, 6.45) is 2.31. The van der Waals surface area contributed by atoms with Crippen molar-refractivity contribution >= 4 is 28.8 Å². The van der Waals surface area contributed by atoms with Gasteiger partial charge in [-0.1, -0.05) is 0 Å². The minimum absolute atomic E-state index is 0.00940. The highest BCUT2D eigenvalue weighted by molar-refractivity contribution is 7.14. The molecule has 2 amide bonds. The highest BCUT2D eigenvalue weighted by Gasteiger charge is 2.28. The van der Waals surface area contributed by atoms with Gasteiger partial charge in [-0.15, -0.1) is 11.3 Å². The molecule has 1 aliphatic heterocycles. The first-order chi connectivity index (χ1) is 14.1. The van der Waals surface area contributed by atoms with Gasteiger partial charge in [0.15, 0.2) is 11.5 Å². The molecule has 7 heteroatoms. The van der Waals surface area contributed by atoms with Crippen molar-refractivity contribution in [2.75, 3.05) is 31.6 Å². The van der Waals surface area contributed by atoms with E-state index in [-0.39, 0.29) is 17.7 Å². The van der Waals surface area contributed by atoms with Gasteiger partial charge >= 0.3 is 0 Å². The molecular formula is C22H26N2O4S. The number of carbonyl (C=O) groups excluding carboxylic acids is 2. The summed E-state index contributed by atoms with van der Waals surface area (Å²) in [4.78, 5) is 29.3. The van der Waals surface area contributed by atoms with Crippen molar-refractivity contribution < 1.29 is 19.1 Å². The number of nitrogens with one attached hydrogen (secondary N) is 1. The number of hydrogen-bond acceptors (Lipinski definition) is 5. The summed E-state index contributed by atoms with van der Waals surface area (Å²) >= 11 is 1.58. The van der Waals surface area contributed by atoms with Gasteiger partial charge in [-0.05, 0) is 56.9 Å². The van der Waals surface area contributed by atoms with Crippen molar-refractivity contribution in [2.45, 2.75) is 33.1 Å². The highest BCUT2D eigenvalue weighted by atomic mass is 32.1. The zero-order chi connectivity index (χ0) is 20.4. The molecule has 0 unspecified atom stereocenters. The number of benzene rings is 1. The van der Waals surface area contributed by atoms with Crippen molar-refractivity contribution in [2.24, 2.45) is 5.92 Å². The largest absolute Gasteiger partial charge is 0.486 e. The number of fused-ring (bicyclic) bond motifs is 2. The molecule has 2 heterocycles. The Labute approximate surface area is 174 Å². The summed E-state index contributed by atoms with van der Waals surface area (Å²) < 4.78 is 11.1. The zero-order valence-corrected chi connectivity index (χ0v) is 17.6. The Morgan fingerprint density at radius 2 is 1.90 bits per heavy atom. The van der Waals surface area contributed by atoms with E-state index in [1.54, 1.807) is 11.3 Å². The number of nitrogens with zero attached hydrogens (tertiary/aromatic N) is 1. The predicted molar refractivity (Wildman–Crippen MR) is 113 cm³/mol. The van der Waals surface area contributed by atoms with Gasteiger partial charge in [-0.2, -0.15) is 0 Å². The van der Waals surface area contributed by atoms with Gasteiger partial charge in [0.05, 0.1) is 4.88 Å². The summed E-state index contributed by atoms with van der Waals surface area (Å²) in [6, 6.07) is 7.47. The molecule has 4 rings (SSSR count). The quantitative estimate of drug-likeness (QED) is 0.809. The molecule has 1 atom stereocenters. The number of amides is 2. The third kappa shape index (κ3) is 4.10. The minimum Gasteiger partial charge on any atom is -0.486 e. The lowest BCUT2D eigenvalue weighted by Gasteiger charge is -2.22. The van der Waals surface area contributed by atoms with Gasteiger partial charge in [0, 0.05) is 35.6 Å². The first kappa shape index (κ1) is 19.8. The van der Waals surface area contributed by atoms with Crippen LogP contribution in [0.1, 0.15) is 40.4 Å². The first-order valence-electron chi connectivity index (χ1n) is 10.2. The van der Waals surface area contributed by atoms with E-state index in [0.29, 0.717) is 49.9 Å². The van der Waals surface area contributed by atoms with E-state index in [0.717, 1.165) is 23.3 Å². The van der Waals surface area contributed by atoms with Crippen molar-refractivity contribution in [3.63, 3.8) is 0 Å². The molecule has 0 fully saturated rings. The Bertz CT molecular complexity index is 920. The van der Waals surface area contributed by atoms with Crippen LogP contribution < -0.4 is 14.8 Å². The fourth-order valence-corrected chi connectivity index (χ4v) is 5.06. The average Bonchev–Trinajstić information content (AvgIpc) is 3.18. The molecule has 1 aromatic carbocycles. The van der Waals surface area contributed by atoms with E-state index in [2.05, 4.69) is 5.32 Å². The van der Waals surface area contributed by atoms with Gasteiger partial charge in [0.25, 0.3) is 5.91 Å². The van der Waals surface area contributed by atoms with Crippen LogP contribution in [0.4, 0.5) is 5.69 Å². The van der Waals surface area contributed by atoms with E-state index >= 15 is 0 Å². The van der Waals surface area contributed by atoms with Crippen LogP contribution in [0.25, 0.3) is 0 Å². The fraction of sp³-hybridized carbons (Fsp3) is 0.455. The van der Waals surface area contributed by atoms with Gasteiger partial charge in [0.1, 0.15) is 13.2 Å². The number of rotatable bonds is 5. The lowest BCUT2D eigenvalue weighted by atomic mass is 9.87. The molecule has 6 nitrogen and oxygen atoms in total. The Kier molecular flexibility index (Phi) is 5.76.